The molecule has 0 aromatic carbocycles. The van der Waals surface area contributed by atoms with E-state index in [-0.39, 0.29) is 0 Å². The maximum atomic E-state index is 14.5. The SMILES string of the molecule is CCCCCCCCOP(=O)(OCCCCCCCC)OP(C)(CCCCCC)(CCCCCC)CCCCCC. The molecule has 0 N–H and O–H groups in total. The Bertz CT molecular complexity index is 557. The second-order valence-electron chi connectivity index (χ2n) is 13.3. The summed E-state index contributed by atoms with van der Waals surface area (Å²) in [6, 6.07) is 0. The molecule has 0 aromatic rings. The summed E-state index contributed by atoms with van der Waals surface area (Å²) in [7, 11) is -3.64. The van der Waals surface area contributed by atoms with Crippen molar-refractivity contribution in [3.63, 3.8) is 0 Å². The van der Waals surface area contributed by atoms with Crippen LogP contribution in [-0.4, -0.2) is 38.4 Å². The van der Waals surface area contributed by atoms with Crippen molar-refractivity contribution < 1.29 is 17.9 Å². The van der Waals surface area contributed by atoms with Gasteiger partial charge in [-0.3, -0.25) is 0 Å². The molecule has 41 heavy (non-hydrogen) atoms. The molecule has 0 heterocycles. The van der Waals surface area contributed by atoms with Gasteiger partial charge in [0, 0.05) is 0 Å². The third-order valence-corrected chi connectivity index (χ3v) is 17.3. The molecule has 0 saturated heterocycles. The summed E-state index contributed by atoms with van der Waals surface area (Å²) in [5, 5.41) is 0. The second kappa shape index (κ2) is 26.9. The molecule has 0 aliphatic heterocycles. The predicted octanol–water partition coefficient (Wildman–Crippen LogP) is 13.7. The minimum atomic E-state index is -3.64. The fourth-order valence-corrected chi connectivity index (χ4v) is 14.6. The summed E-state index contributed by atoms with van der Waals surface area (Å²) in [5.74, 6) is 0. The summed E-state index contributed by atoms with van der Waals surface area (Å²) in [4.78, 5) is 0. The van der Waals surface area contributed by atoms with E-state index in [4.69, 9.17) is 13.4 Å². The molecule has 0 saturated carbocycles. The van der Waals surface area contributed by atoms with Crippen molar-refractivity contribution in [1.29, 1.82) is 0 Å². The number of hydrogen-bond donors (Lipinski definition) is 0. The average molecular weight is 623 g/mol. The molecule has 0 spiro atoms. The zero-order valence-corrected chi connectivity index (χ0v) is 30.8. The van der Waals surface area contributed by atoms with E-state index in [1.807, 2.05) is 0 Å². The number of phosphoric acid groups is 1. The van der Waals surface area contributed by atoms with Crippen molar-refractivity contribution in [2.75, 3.05) is 38.4 Å². The van der Waals surface area contributed by atoms with Crippen LogP contribution in [0.1, 0.15) is 189 Å². The Morgan fingerprint density at radius 1 is 0.415 bits per heavy atom. The fraction of sp³-hybridized carbons (Fsp3) is 1.00. The molecule has 0 radical (unpaired) electrons. The van der Waals surface area contributed by atoms with Crippen LogP contribution in [0.2, 0.25) is 0 Å². The quantitative estimate of drug-likeness (QED) is 0.0539. The molecule has 0 atom stereocenters. The molecule has 6 heteroatoms. The number of rotatable bonds is 33. The van der Waals surface area contributed by atoms with E-state index >= 15 is 0 Å². The summed E-state index contributed by atoms with van der Waals surface area (Å²) < 4.78 is 34.1. The molecule has 0 aliphatic rings. The van der Waals surface area contributed by atoms with E-state index in [2.05, 4.69) is 41.3 Å². The first-order valence-electron chi connectivity index (χ1n) is 18.4. The first kappa shape index (κ1) is 41.5. The Hall–Kier alpha value is 0.540. The fourth-order valence-electron chi connectivity index (χ4n) is 5.93. The molecule has 0 fully saturated rings. The van der Waals surface area contributed by atoms with Crippen LogP contribution in [0.3, 0.4) is 0 Å². The molecule has 0 unspecified atom stereocenters. The zero-order valence-electron chi connectivity index (χ0n) is 29.0. The van der Waals surface area contributed by atoms with Gasteiger partial charge in [-0.15, -0.1) is 0 Å². The van der Waals surface area contributed by atoms with Crippen LogP contribution in [0.25, 0.3) is 0 Å². The molecule has 250 valence electrons. The van der Waals surface area contributed by atoms with Crippen LogP contribution >= 0.6 is 14.7 Å². The number of hydrogen-bond acceptors (Lipinski definition) is 4. The van der Waals surface area contributed by atoms with E-state index in [0.717, 1.165) is 44.2 Å². The van der Waals surface area contributed by atoms with E-state index in [9.17, 15) is 4.57 Å². The second-order valence-corrected chi connectivity index (χ2v) is 21.1. The van der Waals surface area contributed by atoms with Crippen molar-refractivity contribution in [1.82, 2.24) is 0 Å². The van der Waals surface area contributed by atoms with Crippen LogP contribution in [0, 0.1) is 0 Å². The Morgan fingerprint density at radius 3 is 1.00 bits per heavy atom. The van der Waals surface area contributed by atoms with Crippen molar-refractivity contribution in [3.8, 4) is 0 Å². The van der Waals surface area contributed by atoms with Crippen LogP contribution in [0.15, 0.2) is 0 Å². The van der Waals surface area contributed by atoms with Crippen LogP contribution in [-0.2, 0) is 17.9 Å². The third kappa shape index (κ3) is 22.7. The van der Waals surface area contributed by atoms with Crippen molar-refractivity contribution in [2.24, 2.45) is 0 Å². The van der Waals surface area contributed by atoms with Gasteiger partial charge < -0.3 is 0 Å². The standard InChI is InChI=1S/C35H76O4P2/c1-7-12-17-22-24-26-31-37-40(36,38-32-27-25-23-18-13-8-2)39-41(6,33-28-19-14-9-3,34-29-20-15-10-4)35-30-21-16-11-5/h7-35H2,1-6H3. The topological polar surface area (TPSA) is 44.8 Å². The molecular weight excluding hydrogens is 546 g/mol. The van der Waals surface area contributed by atoms with Crippen molar-refractivity contribution >= 4 is 14.7 Å². The van der Waals surface area contributed by atoms with Crippen molar-refractivity contribution in [2.45, 2.75) is 189 Å². The van der Waals surface area contributed by atoms with E-state index in [0.29, 0.717) is 13.2 Å². The average Bonchev–Trinajstić information content (AvgIpc) is 2.95. The first-order chi connectivity index (χ1) is 19.8. The summed E-state index contributed by atoms with van der Waals surface area (Å²) in [5.41, 5.74) is 0. The molecule has 0 aliphatic carbocycles. The zero-order chi connectivity index (χ0) is 30.6. The Labute approximate surface area is 259 Å². The van der Waals surface area contributed by atoms with Gasteiger partial charge in [-0.1, -0.05) is 0 Å². The van der Waals surface area contributed by atoms with Gasteiger partial charge in [-0.05, 0) is 0 Å². The Morgan fingerprint density at radius 2 is 0.683 bits per heavy atom. The molecule has 4 nitrogen and oxygen atoms in total. The van der Waals surface area contributed by atoms with E-state index in [1.165, 1.54) is 128 Å². The van der Waals surface area contributed by atoms with Gasteiger partial charge >= 0.3 is 260 Å². The van der Waals surface area contributed by atoms with Gasteiger partial charge in [0.1, 0.15) is 0 Å². The summed E-state index contributed by atoms with van der Waals surface area (Å²) in [6.07, 6.45) is 32.1. The Kier molecular flexibility index (Phi) is 27.3. The number of phosphoric ester groups is 1. The third-order valence-electron chi connectivity index (χ3n) is 8.78. The monoisotopic (exact) mass is 623 g/mol. The van der Waals surface area contributed by atoms with Gasteiger partial charge in [0.15, 0.2) is 0 Å². The molecule has 0 bridgehead atoms. The van der Waals surface area contributed by atoms with Crippen LogP contribution in [0.5, 0.6) is 0 Å². The molecule has 0 rings (SSSR count). The van der Waals surface area contributed by atoms with Crippen LogP contribution < -0.4 is 0 Å². The minimum absolute atomic E-state index is 0.480. The van der Waals surface area contributed by atoms with E-state index < -0.39 is 14.7 Å². The van der Waals surface area contributed by atoms with Gasteiger partial charge in [-0.2, -0.15) is 0 Å². The molecule has 0 amide bonds. The predicted molar refractivity (Wildman–Crippen MR) is 187 cm³/mol. The Balaban J connectivity index is 5.76. The van der Waals surface area contributed by atoms with Gasteiger partial charge in [0.2, 0.25) is 0 Å². The maximum absolute atomic E-state index is 14.5. The number of unbranched alkanes of at least 4 members (excludes halogenated alkanes) is 19. The summed E-state index contributed by atoms with van der Waals surface area (Å²) >= 11 is 0. The van der Waals surface area contributed by atoms with Crippen molar-refractivity contribution in [3.05, 3.63) is 0 Å². The van der Waals surface area contributed by atoms with E-state index in [1.54, 1.807) is 0 Å². The molecular formula is C35H76O4P2. The van der Waals surface area contributed by atoms with Gasteiger partial charge in [0.05, 0.1) is 0 Å². The first-order valence-corrected chi connectivity index (χ1v) is 23.0. The normalized spacial score (nSPS) is 13.5. The van der Waals surface area contributed by atoms with Gasteiger partial charge in [-0.25, -0.2) is 0 Å². The summed E-state index contributed by atoms with van der Waals surface area (Å²) in [6.45, 7) is 11.9. The van der Waals surface area contributed by atoms with Crippen LogP contribution in [0.4, 0.5) is 0 Å². The van der Waals surface area contributed by atoms with Gasteiger partial charge in [0.25, 0.3) is 0 Å². The molecule has 0 aromatic heterocycles.